The van der Waals surface area contributed by atoms with Crippen LogP contribution in [0.3, 0.4) is 0 Å². The van der Waals surface area contributed by atoms with Crippen LogP contribution in [0, 0.1) is 0 Å². The highest BCUT2D eigenvalue weighted by Gasteiger charge is 2.36. The van der Waals surface area contributed by atoms with Crippen molar-refractivity contribution >= 4 is 17.7 Å². The Hall–Kier alpha value is -3.20. The predicted octanol–water partition coefficient (Wildman–Crippen LogP) is 6.34. The Morgan fingerprint density at radius 1 is 1.03 bits per heavy atom. The van der Waals surface area contributed by atoms with Gasteiger partial charge in [0.05, 0.1) is 24.5 Å². The van der Waals surface area contributed by atoms with Gasteiger partial charge in [-0.2, -0.15) is 5.10 Å². The Kier molecular flexibility index (Phi) is 5.78. The van der Waals surface area contributed by atoms with Gasteiger partial charge in [0.15, 0.2) is 5.75 Å². The second-order valence-electron chi connectivity index (χ2n) is 8.54. The molecule has 0 unspecified atom stereocenters. The van der Waals surface area contributed by atoms with E-state index < -0.39 is 18.1 Å². The minimum absolute atomic E-state index is 0.123. The molecule has 1 aliphatic heterocycles. The highest BCUT2D eigenvalue weighted by atomic mass is 35.5. The first-order chi connectivity index (χ1) is 15.4. The molecule has 0 spiro atoms. The van der Waals surface area contributed by atoms with Crippen molar-refractivity contribution < 1.29 is 27.4 Å². The SMILES string of the molecule is CC(C)(C)OC(=O)N1Cc2nn(-c3ccccc3OC(F)(F)F)c(-c3ccc(Cl)cc3)c2C1. The lowest BCUT2D eigenvalue weighted by Gasteiger charge is -2.24. The minimum atomic E-state index is -4.86. The van der Waals surface area contributed by atoms with Crippen LogP contribution in [0.1, 0.15) is 32.0 Å². The first kappa shape index (κ1) is 23.0. The molecule has 3 aromatic rings. The van der Waals surface area contributed by atoms with Crippen molar-refractivity contribution in [3.63, 3.8) is 0 Å². The third-order valence-corrected chi connectivity index (χ3v) is 5.10. The molecule has 10 heteroatoms. The Labute approximate surface area is 193 Å². The van der Waals surface area contributed by atoms with E-state index in [1.807, 2.05) is 0 Å². The molecule has 2 aromatic carbocycles. The van der Waals surface area contributed by atoms with Crippen LogP contribution in [0.25, 0.3) is 16.9 Å². The van der Waals surface area contributed by atoms with Crippen molar-refractivity contribution in [3.05, 3.63) is 64.8 Å². The molecule has 1 aromatic heterocycles. The number of fused-ring (bicyclic) bond motifs is 1. The lowest BCUT2D eigenvalue weighted by Crippen LogP contribution is -2.33. The molecule has 4 rings (SSSR count). The molecule has 33 heavy (non-hydrogen) atoms. The fourth-order valence-electron chi connectivity index (χ4n) is 3.59. The molecule has 1 aliphatic rings. The van der Waals surface area contributed by atoms with E-state index in [0.29, 0.717) is 27.5 Å². The number of hydrogen-bond donors (Lipinski definition) is 0. The van der Waals surface area contributed by atoms with Gasteiger partial charge in [-0.05, 0) is 45.0 Å². The Morgan fingerprint density at radius 3 is 2.33 bits per heavy atom. The van der Waals surface area contributed by atoms with Crippen LogP contribution in [-0.2, 0) is 17.8 Å². The maximum atomic E-state index is 13.0. The third kappa shape index (κ3) is 5.08. The highest BCUT2D eigenvalue weighted by molar-refractivity contribution is 6.30. The minimum Gasteiger partial charge on any atom is -0.444 e. The van der Waals surface area contributed by atoms with Crippen molar-refractivity contribution in [3.8, 4) is 22.7 Å². The van der Waals surface area contributed by atoms with Gasteiger partial charge in [-0.3, -0.25) is 4.90 Å². The number of nitrogens with zero attached hydrogens (tertiary/aromatic N) is 3. The summed E-state index contributed by atoms with van der Waals surface area (Å²) >= 11 is 6.03. The molecule has 0 bridgehead atoms. The molecule has 0 aliphatic carbocycles. The Bertz CT molecular complexity index is 1180. The number of para-hydroxylation sites is 2. The number of alkyl halides is 3. The molecule has 174 valence electrons. The highest BCUT2D eigenvalue weighted by Crippen LogP contribution is 2.38. The second-order valence-corrected chi connectivity index (χ2v) is 8.98. The molecule has 0 fully saturated rings. The number of amides is 1. The summed E-state index contributed by atoms with van der Waals surface area (Å²) in [4.78, 5) is 14.1. The van der Waals surface area contributed by atoms with Crippen LogP contribution in [0.4, 0.5) is 18.0 Å². The van der Waals surface area contributed by atoms with E-state index in [1.165, 1.54) is 27.8 Å². The standard InChI is InChI=1S/C23H21ClF3N3O3/c1-22(2,3)33-21(31)29-12-16-17(13-29)28-30(20(16)14-8-10-15(24)11-9-14)18-6-4-5-7-19(18)32-23(25,26)27/h4-11H,12-13H2,1-3H3. The number of ether oxygens (including phenoxy) is 2. The largest absolute Gasteiger partial charge is 0.573 e. The van der Waals surface area contributed by atoms with Crippen molar-refractivity contribution in [2.24, 2.45) is 0 Å². The van der Waals surface area contributed by atoms with Crippen LogP contribution in [0.5, 0.6) is 5.75 Å². The van der Waals surface area contributed by atoms with Gasteiger partial charge in [0, 0.05) is 16.1 Å². The van der Waals surface area contributed by atoms with Crippen molar-refractivity contribution in [1.82, 2.24) is 14.7 Å². The van der Waals surface area contributed by atoms with E-state index in [0.717, 1.165) is 0 Å². The zero-order chi connectivity index (χ0) is 24.0. The summed E-state index contributed by atoms with van der Waals surface area (Å²) in [5.41, 5.74) is 1.96. The van der Waals surface area contributed by atoms with Gasteiger partial charge in [0.25, 0.3) is 0 Å². The van der Waals surface area contributed by atoms with Gasteiger partial charge < -0.3 is 9.47 Å². The van der Waals surface area contributed by atoms with E-state index in [1.54, 1.807) is 51.1 Å². The zero-order valence-corrected chi connectivity index (χ0v) is 18.9. The van der Waals surface area contributed by atoms with Crippen molar-refractivity contribution in [2.75, 3.05) is 0 Å². The molecule has 0 saturated heterocycles. The molecule has 6 nitrogen and oxygen atoms in total. The van der Waals surface area contributed by atoms with Gasteiger partial charge in [0.1, 0.15) is 11.3 Å². The molecule has 0 atom stereocenters. The molecule has 2 heterocycles. The number of carbonyl (C=O) groups is 1. The van der Waals surface area contributed by atoms with Crippen LogP contribution in [0.2, 0.25) is 5.02 Å². The lowest BCUT2D eigenvalue weighted by molar-refractivity contribution is -0.274. The van der Waals surface area contributed by atoms with Crippen LogP contribution in [-0.4, -0.2) is 32.7 Å². The molecular weight excluding hydrogens is 459 g/mol. The Morgan fingerprint density at radius 2 is 1.70 bits per heavy atom. The fourth-order valence-corrected chi connectivity index (χ4v) is 3.72. The summed E-state index contributed by atoms with van der Waals surface area (Å²) in [6.07, 6.45) is -5.35. The third-order valence-electron chi connectivity index (χ3n) is 4.84. The molecular formula is C23H21ClF3N3O3. The van der Waals surface area contributed by atoms with Crippen molar-refractivity contribution in [2.45, 2.75) is 45.8 Å². The summed E-state index contributed by atoms with van der Waals surface area (Å²) in [7, 11) is 0. The van der Waals surface area contributed by atoms with Gasteiger partial charge in [-0.25, -0.2) is 9.48 Å². The number of carbonyl (C=O) groups excluding carboxylic acids is 1. The quantitative estimate of drug-likeness (QED) is 0.439. The van der Waals surface area contributed by atoms with Gasteiger partial charge in [-0.1, -0.05) is 35.9 Å². The summed E-state index contributed by atoms with van der Waals surface area (Å²) in [5, 5.41) is 5.08. The number of halogens is 4. The van der Waals surface area contributed by atoms with E-state index in [9.17, 15) is 18.0 Å². The Balaban J connectivity index is 1.80. The maximum absolute atomic E-state index is 13.0. The van der Waals surface area contributed by atoms with Crippen molar-refractivity contribution in [1.29, 1.82) is 0 Å². The number of hydrogen-bond acceptors (Lipinski definition) is 4. The lowest BCUT2D eigenvalue weighted by atomic mass is 10.1. The predicted molar refractivity (Wildman–Crippen MR) is 116 cm³/mol. The molecule has 1 amide bonds. The topological polar surface area (TPSA) is 56.6 Å². The van der Waals surface area contributed by atoms with Gasteiger partial charge >= 0.3 is 12.5 Å². The fraction of sp³-hybridized carbons (Fsp3) is 0.304. The van der Waals surface area contributed by atoms with Crippen LogP contribution in [0.15, 0.2) is 48.5 Å². The first-order valence-corrected chi connectivity index (χ1v) is 10.5. The average molecular weight is 480 g/mol. The van der Waals surface area contributed by atoms with Gasteiger partial charge in [-0.15, -0.1) is 13.2 Å². The van der Waals surface area contributed by atoms with E-state index in [2.05, 4.69) is 9.84 Å². The summed E-state index contributed by atoms with van der Waals surface area (Å²) in [6, 6.07) is 12.6. The zero-order valence-electron chi connectivity index (χ0n) is 18.1. The van der Waals surface area contributed by atoms with E-state index in [-0.39, 0.29) is 24.5 Å². The normalized spacial score (nSPS) is 13.7. The average Bonchev–Trinajstić information content (AvgIpc) is 3.25. The molecule has 0 N–H and O–H groups in total. The summed E-state index contributed by atoms with van der Waals surface area (Å²) in [6.45, 7) is 5.69. The van der Waals surface area contributed by atoms with E-state index >= 15 is 0 Å². The summed E-state index contributed by atoms with van der Waals surface area (Å²) in [5.74, 6) is -0.384. The van der Waals surface area contributed by atoms with Crippen LogP contribution >= 0.6 is 11.6 Å². The maximum Gasteiger partial charge on any atom is 0.573 e. The number of aromatic nitrogens is 2. The summed E-state index contributed by atoms with van der Waals surface area (Å²) < 4.78 is 50.2. The number of rotatable bonds is 3. The molecule has 0 saturated carbocycles. The first-order valence-electron chi connectivity index (χ1n) is 10.1. The monoisotopic (exact) mass is 479 g/mol. The number of benzene rings is 2. The molecule has 0 radical (unpaired) electrons. The van der Waals surface area contributed by atoms with E-state index in [4.69, 9.17) is 16.3 Å². The van der Waals surface area contributed by atoms with Crippen LogP contribution < -0.4 is 4.74 Å². The smallest absolute Gasteiger partial charge is 0.444 e. The second kappa shape index (κ2) is 8.30. The van der Waals surface area contributed by atoms with Gasteiger partial charge in [0.2, 0.25) is 0 Å².